The van der Waals surface area contributed by atoms with E-state index in [0.717, 1.165) is 16.5 Å². The van der Waals surface area contributed by atoms with Crippen LogP contribution < -0.4 is 10.0 Å². The van der Waals surface area contributed by atoms with Crippen LogP contribution in [0.15, 0.2) is 96.4 Å². The average Bonchev–Trinajstić information content (AvgIpc) is 2.89. The number of ether oxygens (including phenoxy) is 1. The SMILES string of the molecule is CC(C)[C@H](NS(=O)(=O)C=Cc1ccccc1)C(=O)OCC(=O)NC(c1ccccc1)c1ccccc1. The van der Waals surface area contributed by atoms with E-state index in [1.807, 2.05) is 66.7 Å². The number of carbonyl (C=O) groups excluding carboxylic acids is 2. The van der Waals surface area contributed by atoms with Gasteiger partial charge in [-0.15, -0.1) is 0 Å². The van der Waals surface area contributed by atoms with Gasteiger partial charge in [0.1, 0.15) is 6.04 Å². The van der Waals surface area contributed by atoms with Crippen LogP contribution in [0.5, 0.6) is 0 Å². The van der Waals surface area contributed by atoms with E-state index in [4.69, 9.17) is 4.74 Å². The summed E-state index contributed by atoms with van der Waals surface area (Å²) in [7, 11) is -3.93. The molecule has 0 bridgehead atoms. The van der Waals surface area contributed by atoms with Crippen LogP contribution in [0.3, 0.4) is 0 Å². The largest absolute Gasteiger partial charge is 0.454 e. The van der Waals surface area contributed by atoms with Gasteiger partial charge in [0.25, 0.3) is 5.91 Å². The smallest absolute Gasteiger partial charge is 0.324 e. The van der Waals surface area contributed by atoms with E-state index < -0.39 is 46.5 Å². The zero-order valence-electron chi connectivity index (χ0n) is 20.2. The van der Waals surface area contributed by atoms with Crippen molar-refractivity contribution in [2.45, 2.75) is 25.9 Å². The van der Waals surface area contributed by atoms with Crippen LogP contribution in [0, 0.1) is 5.92 Å². The van der Waals surface area contributed by atoms with Gasteiger partial charge in [0.05, 0.1) is 6.04 Å². The standard InChI is InChI=1S/C28H30N2O5S/c1-21(2)26(30-36(33,34)19-18-22-12-6-3-7-13-22)28(32)35-20-25(31)29-27(23-14-8-4-9-15-23)24-16-10-5-11-17-24/h3-19,21,26-27,30H,20H2,1-2H3,(H,29,31)/t26-/m0/s1. The van der Waals surface area contributed by atoms with Gasteiger partial charge in [0.15, 0.2) is 6.61 Å². The first-order valence-electron chi connectivity index (χ1n) is 11.6. The Morgan fingerprint density at radius 2 is 1.33 bits per heavy atom. The van der Waals surface area contributed by atoms with Crippen LogP contribution in [0.25, 0.3) is 6.08 Å². The topological polar surface area (TPSA) is 102 Å². The maximum Gasteiger partial charge on any atom is 0.324 e. The van der Waals surface area contributed by atoms with Crippen LogP contribution in [0.2, 0.25) is 0 Å². The van der Waals surface area contributed by atoms with Gasteiger partial charge < -0.3 is 10.1 Å². The Balaban J connectivity index is 1.63. The van der Waals surface area contributed by atoms with Crippen molar-refractivity contribution in [2.75, 3.05) is 6.61 Å². The summed E-state index contributed by atoms with van der Waals surface area (Å²) >= 11 is 0. The van der Waals surface area contributed by atoms with E-state index in [1.54, 1.807) is 38.1 Å². The van der Waals surface area contributed by atoms with E-state index in [-0.39, 0.29) is 0 Å². The molecule has 2 N–H and O–H groups in total. The van der Waals surface area contributed by atoms with Crippen molar-refractivity contribution < 1.29 is 22.7 Å². The second kappa shape index (κ2) is 12.8. The quantitative estimate of drug-likeness (QED) is 0.382. The Bertz CT molecular complexity index is 1220. The Morgan fingerprint density at radius 3 is 1.83 bits per heavy atom. The normalized spacial score (nSPS) is 12.6. The second-order valence-electron chi connectivity index (χ2n) is 8.53. The number of hydrogen-bond acceptors (Lipinski definition) is 5. The highest BCUT2D eigenvalue weighted by molar-refractivity contribution is 7.92. The molecule has 1 atom stereocenters. The summed E-state index contributed by atoms with van der Waals surface area (Å²) in [4.78, 5) is 25.4. The molecule has 0 aliphatic heterocycles. The fraction of sp³-hybridized carbons (Fsp3) is 0.214. The molecule has 0 aliphatic rings. The summed E-state index contributed by atoms with van der Waals surface area (Å²) < 4.78 is 32.6. The summed E-state index contributed by atoms with van der Waals surface area (Å²) in [5.41, 5.74) is 2.46. The van der Waals surface area contributed by atoms with E-state index in [0.29, 0.717) is 5.56 Å². The molecule has 0 saturated carbocycles. The molecular weight excluding hydrogens is 476 g/mol. The number of amides is 1. The summed E-state index contributed by atoms with van der Waals surface area (Å²) in [6, 6.07) is 26.2. The summed E-state index contributed by atoms with van der Waals surface area (Å²) in [6.07, 6.45) is 1.44. The molecule has 3 aromatic carbocycles. The summed E-state index contributed by atoms with van der Waals surface area (Å²) in [6.45, 7) is 2.84. The molecule has 7 nitrogen and oxygen atoms in total. The van der Waals surface area contributed by atoms with Gasteiger partial charge in [-0.25, -0.2) is 8.42 Å². The van der Waals surface area contributed by atoms with Crippen LogP contribution in [-0.4, -0.2) is 32.9 Å². The van der Waals surface area contributed by atoms with Gasteiger partial charge in [-0.3, -0.25) is 9.59 Å². The van der Waals surface area contributed by atoms with Gasteiger partial charge in [-0.05, 0) is 28.7 Å². The maximum absolute atomic E-state index is 12.7. The molecule has 0 unspecified atom stereocenters. The Morgan fingerprint density at radius 1 is 0.833 bits per heavy atom. The van der Waals surface area contributed by atoms with Crippen molar-refractivity contribution >= 4 is 28.0 Å². The maximum atomic E-state index is 12.7. The highest BCUT2D eigenvalue weighted by Gasteiger charge is 2.28. The van der Waals surface area contributed by atoms with Gasteiger partial charge >= 0.3 is 5.97 Å². The molecule has 0 heterocycles. The van der Waals surface area contributed by atoms with Crippen molar-refractivity contribution in [2.24, 2.45) is 5.92 Å². The first-order valence-corrected chi connectivity index (χ1v) is 13.1. The third kappa shape index (κ3) is 8.18. The van der Waals surface area contributed by atoms with Gasteiger partial charge in [-0.2, -0.15) is 4.72 Å². The third-order valence-corrected chi connectivity index (χ3v) is 6.44. The Kier molecular flexibility index (Phi) is 9.55. The molecule has 0 saturated heterocycles. The second-order valence-corrected chi connectivity index (χ2v) is 10.1. The number of carbonyl (C=O) groups is 2. The average molecular weight is 507 g/mol. The number of esters is 1. The van der Waals surface area contributed by atoms with E-state index >= 15 is 0 Å². The van der Waals surface area contributed by atoms with Crippen molar-refractivity contribution in [3.8, 4) is 0 Å². The van der Waals surface area contributed by atoms with Gasteiger partial charge in [0, 0.05) is 5.41 Å². The number of nitrogens with one attached hydrogen (secondary N) is 2. The number of benzene rings is 3. The molecule has 3 aromatic rings. The molecule has 8 heteroatoms. The predicted molar refractivity (Wildman–Crippen MR) is 140 cm³/mol. The molecule has 0 fully saturated rings. The lowest BCUT2D eigenvalue weighted by Crippen LogP contribution is -2.45. The molecule has 0 aliphatic carbocycles. The minimum Gasteiger partial charge on any atom is -0.454 e. The summed E-state index contributed by atoms with van der Waals surface area (Å²) in [5, 5.41) is 3.90. The van der Waals surface area contributed by atoms with E-state index in [9.17, 15) is 18.0 Å². The highest BCUT2D eigenvalue weighted by atomic mass is 32.2. The lowest BCUT2D eigenvalue weighted by molar-refractivity contribution is -0.151. The minimum absolute atomic E-state index is 0.401. The van der Waals surface area contributed by atoms with E-state index in [1.165, 1.54) is 6.08 Å². The van der Waals surface area contributed by atoms with Gasteiger partial charge in [-0.1, -0.05) is 105 Å². The molecule has 36 heavy (non-hydrogen) atoms. The number of rotatable bonds is 11. The molecular formula is C28H30N2O5S. The first-order chi connectivity index (χ1) is 17.2. The Hall–Kier alpha value is -3.75. The summed E-state index contributed by atoms with van der Waals surface area (Å²) in [5.74, 6) is -1.73. The van der Waals surface area contributed by atoms with Crippen LogP contribution in [0.4, 0.5) is 0 Å². The third-order valence-electron chi connectivity index (χ3n) is 5.37. The fourth-order valence-corrected chi connectivity index (χ4v) is 4.62. The van der Waals surface area contributed by atoms with Crippen molar-refractivity contribution in [1.82, 2.24) is 10.0 Å². The van der Waals surface area contributed by atoms with Crippen LogP contribution in [-0.2, 0) is 24.3 Å². The van der Waals surface area contributed by atoms with Crippen molar-refractivity contribution in [1.29, 1.82) is 0 Å². The molecule has 1 amide bonds. The fourth-order valence-electron chi connectivity index (χ4n) is 3.48. The molecule has 0 radical (unpaired) electrons. The molecule has 0 spiro atoms. The molecule has 188 valence electrons. The zero-order valence-corrected chi connectivity index (χ0v) is 21.0. The highest BCUT2D eigenvalue weighted by Crippen LogP contribution is 2.21. The number of hydrogen-bond donors (Lipinski definition) is 2. The lowest BCUT2D eigenvalue weighted by atomic mass is 9.99. The zero-order chi connectivity index (χ0) is 26.0. The molecule has 3 rings (SSSR count). The minimum atomic E-state index is -3.93. The lowest BCUT2D eigenvalue weighted by Gasteiger charge is -2.22. The van der Waals surface area contributed by atoms with Gasteiger partial charge in [0.2, 0.25) is 10.0 Å². The van der Waals surface area contributed by atoms with Crippen molar-refractivity contribution in [3.05, 3.63) is 113 Å². The Labute approximate surface area is 212 Å². The predicted octanol–water partition coefficient (Wildman–Crippen LogP) is 4.05. The monoisotopic (exact) mass is 506 g/mol. The number of sulfonamides is 1. The van der Waals surface area contributed by atoms with Crippen molar-refractivity contribution in [3.63, 3.8) is 0 Å². The van der Waals surface area contributed by atoms with E-state index in [2.05, 4.69) is 10.0 Å². The first kappa shape index (κ1) is 26.8. The van der Waals surface area contributed by atoms with Crippen LogP contribution in [0.1, 0.15) is 36.6 Å². The van der Waals surface area contributed by atoms with Crippen LogP contribution >= 0.6 is 0 Å². The molecule has 0 aromatic heterocycles.